The zero-order valence-electron chi connectivity index (χ0n) is 10.9. The predicted octanol–water partition coefficient (Wildman–Crippen LogP) is 2.27. The standard InChI is InChI=1S/C13H12N4O3.ClH/c14-12(15)10-5-3-7-16-13(10)20-8-9-4-1-2-6-11(9)17(18)19;/h1-7H,8H2,(H3,14,15);1H. The number of nitrogens with zero attached hydrogens (tertiary/aromatic N) is 2. The first-order valence-corrected chi connectivity index (χ1v) is 5.74. The minimum absolute atomic E-state index is 0. The quantitative estimate of drug-likeness (QED) is 0.380. The highest BCUT2D eigenvalue weighted by Crippen LogP contribution is 2.21. The molecule has 110 valence electrons. The summed E-state index contributed by atoms with van der Waals surface area (Å²) in [6.45, 7) is -0.0194. The van der Waals surface area contributed by atoms with Crippen molar-refractivity contribution in [3.63, 3.8) is 0 Å². The first-order chi connectivity index (χ1) is 9.59. The summed E-state index contributed by atoms with van der Waals surface area (Å²) in [6.07, 6.45) is 1.50. The molecule has 1 aromatic heterocycles. The number of para-hydroxylation sites is 1. The van der Waals surface area contributed by atoms with Gasteiger partial charge in [0.15, 0.2) is 0 Å². The van der Waals surface area contributed by atoms with Gasteiger partial charge in [0.25, 0.3) is 5.69 Å². The summed E-state index contributed by atoms with van der Waals surface area (Å²) in [6, 6.07) is 9.52. The van der Waals surface area contributed by atoms with E-state index in [2.05, 4.69) is 4.98 Å². The van der Waals surface area contributed by atoms with Crippen LogP contribution >= 0.6 is 12.4 Å². The number of ether oxygens (including phenoxy) is 1. The van der Waals surface area contributed by atoms with Crippen molar-refractivity contribution in [1.82, 2.24) is 4.98 Å². The maximum atomic E-state index is 10.9. The van der Waals surface area contributed by atoms with Crippen molar-refractivity contribution in [2.24, 2.45) is 5.73 Å². The van der Waals surface area contributed by atoms with Gasteiger partial charge in [0, 0.05) is 12.3 Å². The summed E-state index contributed by atoms with van der Waals surface area (Å²) in [5, 5.41) is 18.3. The number of hydrogen-bond acceptors (Lipinski definition) is 5. The van der Waals surface area contributed by atoms with Crippen LogP contribution in [0, 0.1) is 15.5 Å². The number of amidine groups is 1. The van der Waals surface area contributed by atoms with Gasteiger partial charge in [-0.05, 0) is 18.2 Å². The lowest BCUT2D eigenvalue weighted by molar-refractivity contribution is -0.385. The van der Waals surface area contributed by atoms with Crippen LogP contribution in [0.25, 0.3) is 0 Å². The number of pyridine rings is 1. The number of hydrogen-bond donors (Lipinski definition) is 2. The van der Waals surface area contributed by atoms with Gasteiger partial charge in [-0.25, -0.2) is 4.98 Å². The number of nitro benzene ring substituents is 1. The van der Waals surface area contributed by atoms with Gasteiger partial charge >= 0.3 is 0 Å². The lowest BCUT2D eigenvalue weighted by Gasteiger charge is -2.09. The lowest BCUT2D eigenvalue weighted by atomic mass is 10.2. The van der Waals surface area contributed by atoms with Crippen molar-refractivity contribution in [1.29, 1.82) is 5.41 Å². The molecule has 0 aliphatic rings. The van der Waals surface area contributed by atoms with E-state index in [4.69, 9.17) is 15.9 Å². The Morgan fingerprint density at radius 3 is 2.71 bits per heavy atom. The second kappa shape index (κ2) is 7.20. The van der Waals surface area contributed by atoms with Gasteiger partial charge in [-0.15, -0.1) is 12.4 Å². The number of rotatable bonds is 5. The number of nitrogens with one attached hydrogen (secondary N) is 1. The molecular weight excluding hydrogens is 296 g/mol. The van der Waals surface area contributed by atoms with E-state index in [9.17, 15) is 10.1 Å². The molecule has 0 radical (unpaired) electrons. The molecular formula is C13H13ClN4O3. The second-order valence-corrected chi connectivity index (χ2v) is 3.94. The molecule has 0 unspecified atom stereocenters. The Morgan fingerprint density at radius 2 is 2.05 bits per heavy atom. The maximum absolute atomic E-state index is 10.9. The molecule has 0 fully saturated rings. The average molecular weight is 309 g/mol. The summed E-state index contributed by atoms with van der Waals surface area (Å²) in [5.74, 6) is 0.00816. The van der Waals surface area contributed by atoms with E-state index in [1.807, 2.05) is 0 Å². The average Bonchev–Trinajstić information content (AvgIpc) is 2.45. The third kappa shape index (κ3) is 3.90. The molecule has 0 bridgehead atoms. The van der Waals surface area contributed by atoms with Gasteiger partial charge in [-0.2, -0.15) is 0 Å². The SMILES string of the molecule is Cl.N=C(N)c1cccnc1OCc1ccccc1[N+](=O)[O-]. The molecule has 0 aliphatic heterocycles. The molecule has 8 heteroatoms. The largest absolute Gasteiger partial charge is 0.472 e. The highest BCUT2D eigenvalue weighted by atomic mass is 35.5. The van der Waals surface area contributed by atoms with Crippen molar-refractivity contribution < 1.29 is 9.66 Å². The fourth-order valence-corrected chi connectivity index (χ4v) is 1.67. The molecule has 21 heavy (non-hydrogen) atoms. The van der Waals surface area contributed by atoms with Gasteiger partial charge in [-0.1, -0.05) is 12.1 Å². The van der Waals surface area contributed by atoms with Gasteiger partial charge < -0.3 is 10.5 Å². The van der Waals surface area contributed by atoms with E-state index in [0.717, 1.165) is 0 Å². The van der Waals surface area contributed by atoms with Gasteiger partial charge in [0.1, 0.15) is 12.4 Å². The van der Waals surface area contributed by atoms with Crippen LogP contribution in [0.4, 0.5) is 5.69 Å². The Kier molecular flexibility index (Phi) is 5.62. The number of benzene rings is 1. The number of nitrogen functional groups attached to an aromatic ring is 1. The molecule has 1 heterocycles. The molecule has 1 aromatic carbocycles. The van der Waals surface area contributed by atoms with Crippen LogP contribution in [0.2, 0.25) is 0 Å². The highest BCUT2D eigenvalue weighted by molar-refractivity contribution is 5.96. The van der Waals surface area contributed by atoms with E-state index in [0.29, 0.717) is 11.1 Å². The monoisotopic (exact) mass is 308 g/mol. The summed E-state index contributed by atoms with van der Waals surface area (Å²) in [5.41, 5.74) is 6.18. The van der Waals surface area contributed by atoms with Crippen LogP contribution < -0.4 is 10.5 Å². The molecule has 0 aliphatic carbocycles. The molecule has 7 nitrogen and oxygen atoms in total. The summed E-state index contributed by atoms with van der Waals surface area (Å²) in [7, 11) is 0. The molecule has 2 rings (SSSR count). The van der Waals surface area contributed by atoms with Crippen LogP contribution in [-0.4, -0.2) is 15.7 Å². The highest BCUT2D eigenvalue weighted by Gasteiger charge is 2.14. The third-order valence-electron chi connectivity index (χ3n) is 2.61. The van der Waals surface area contributed by atoms with E-state index in [1.54, 1.807) is 30.3 Å². The van der Waals surface area contributed by atoms with Crippen LogP contribution in [0.15, 0.2) is 42.6 Å². The molecule has 0 spiro atoms. The molecule has 0 saturated heterocycles. The Morgan fingerprint density at radius 1 is 1.33 bits per heavy atom. The Bertz CT molecular complexity index is 606. The number of nitrogens with two attached hydrogens (primary N) is 1. The molecule has 0 atom stereocenters. The molecule has 0 amide bonds. The Balaban J connectivity index is 0.00000220. The first-order valence-electron chi connectivity index (χ1n) is 5.74. The number of halogens is 1. The van der Waals surface area contributed by atoms with E-state index < -0.39 is 4.92 Å². The summed E-state index contributed by atoms with van der Waals surface area (Å²) >= 11 is 0. The predicted molar refractivity (Wildman–Crippen MR) is 79.9 cm³/mol. The lowest BCUT2D eigenvalue weighted by Crippen LogP contribution is -2.14. The topological polar surface area (TPSA) is 115 Å². The summed E-state index contributed by atoms with van der Waals surface area (Å²) in [4.78, 5) is 14.4. The van der Waals surface area contributed by atoms with Crippen molar-refractivity contribution in [3.05, 3.63) is 63.8 Å². The van der Waals surface area contributed by atoms with Crippen molar-refractivity contribution in [3.8, 4) is 5.88 Å². The van der Waals surface area contributed by atoms with Gasteiger partial charge in [-0.3, -0.25) is 15.5 Å². The first kappa shape index (κ1) is 16.4. The Hall–Kier alpha value is -2.67. The van der Waals surface area contributed by atoms with Crippen LogP contribution in [0.1, 0.15) is 11.1 Å². The second-order valence-electron chi connectivity index (χ2n) is 3.94. The van der Waals surface area contributed by atoms with Crippen LogP contribution in [0.3, 0.4) is 0 Å². The van der Waals surface area contributed by atoms with Crippen molar-refractivity contribution in [2.75, 3.05) is 0 Å². The van der Waals surface area contributed by atoms with E-state index >= 15 is 0 Å². The normalized spacial score (nSPS) is 9.52. The summed E-state index contributed by atoms with van der Waals surface area (Å²) < 4.78 is 5.44. The number of nitro groups is 1. The number of aromatic nitrogens is 1. The van der Waals surface area contributed by atoms with E-state index in [1.165, 1.54) is 12.3 Å². The molecule has 3 N–H and O–H groups in total. The third-order valence-corrected chi connectivity index (χ3v) is 2.61. The van der Waals surface area contributed by atoms with Gasteiger partial charge in [0.05, 0.1) is 16.1 Å². The maximum Gasteiger partial charge on any atom is 0.276 e. The zero-order valence-corrected chi connectivity index (χ0v) is 11.7. The molecule has 2 aromatic rings. The fraction of sp³-hybridized carbons (Fsp3) is 0.0769. The molecule has 0 saturated carbocycles. The Labute approximate surface area is 126 Å². The van der Waals surface area contributed by atoms with Crippen LogP contribution in [0.5, 0.6) is 5.88 Å². The zero-order chi connectivity index (χ0) is 14.5. The minimum Gasteiger partial charge on any atom is -0.472 e. The smallest absolute Gasteiger partial charge is 0.276 e. The van der Waals surface area contributed by atoms with Crippen LogP contribution in [-0.2, 0) is 6.61 Å². The minimum atomic E-state index is -0.469. The fourth-order valence-electron chi connectivity index (χ4n) is 1.67. The van der Waals surface area contributed by atoms with E-state index in [-0.39, 0.29) is 36.4 Å². The van der Waals surface area contributed by atoms with Gasteiger partial charge in [0.2, 0.25) is 5.88 Å². The van der Waals surface area contributed by atoms with Crippen molar-refractivity contribution >= 4 is 23.9 Å². The van der Waals surface area contributed by atoms with Crippen molar-refractivity contribution in [2.45, 2.75) is 6.61 Å².